The van der Waals surface area contributed by atoms with Crippen LogP contribution in [0.1, 0.15) is 16.7 Å². The van der Waals surface area contributed by atoms with Crippen molar-refractivity contribution in [3.05, 3.63) is 62.1 Å². The molecule has 5 heteroatoms. The van der Waals surface area contributed by atoms with E-state index >= 15 is 0 Å². The van der Waals surface area contributed by atoms with E-state index in [4.69, 9.17) is 4.42 Å². The number of benzene rings is 1. The van der Waals surface area contributed by atoms with Gasteiger partial charge in [0.05, 0.1) is 0 Å². The number of fused-ring (bicyclic) bond motifs is 1. The molecule has 0 fully saturated rings. The molecule has 0 saturated heterocycles. The van der Waals surface area contributed by atoms with Gasteiger partial charge in [-0.05, 0) is 54.1 Å². The zero-order chi connectivity index (χ0) is 15.7. The Bertz CT molecular complexity index is 852. The van der Waals surface area contributed by atoms with Crippen molar-refractivity contribution >= 4 is 22.3 Å². The molecule has 0 aliphatic carbocycles. The van der Waals surface area contributed by atoms with E-state index in [1.165, 1.54) is 11.6 Å². The summed E-state index contributed by atoms with van der Waals surface area (Å²) in [4.78, 5) is 14.0. The molecule has 0 unspecified atom stereocenters. The van der Waals surface area contributed by atoms with Gasteiger partial charge >= 0.3 is 5.63 Å². The van der Waals surface area contributed by atoms with Crippen LogP contribution in [0.2, 0.25) is 0 Å². The first kappa shape index (κ1) is 14.8. The molecule has 0 radical (unpaired) electrons. The number of hydrogen-bond donors (Lipinski definition) is 1. The van der Waals surface area contributed by atoms with Crippen LogP contribution in [-0.2, 0) is 13.1 Å². The van der Waals surface area contributed by atoms with E-state index in [0.29, 0.717) is 17.7 Å². The molecule has 2 heterocycles. The van der Waals surface area contributed by atoms with Crippen LogP contribution in [0.25, 0.3) is 11.0 Å². The van der Waals surface area contributed by atoms with Gasteiger partial charge < -0.3 is 9.52 Å². The number of aryl methyl sites for hydroxylation is 1. The first-order chi connectivity index (χ1) is 10.5. The van der Waals surface area contributed by atoms with E-state index in [9.17, 15) is 9.90 Å². The van der Waals surface area contributed by atoms with Crippen LogP contribution >= 0.6 is 11.3 Å². The van der Waals surface area contributed by atoms with Crippen LogP contribution < -0.4 is 5.63 Å². The van der Waals surface area contributed by atoms with Crippen molar-refractivity contribution in [3.63, 3.8) is 0 Å². The number of nitrogens with zero attached hydrogens (tertiary/aromatic N) is 1. The summed E-state index contributed by atoms with van der Waals surface area (Å²) in [7, 11) is 2.02. The van der Waals surface area contributed by atoms with E-state index in [0.717, 1.165) is 17.5 Å². The molecule has 0 amide bonds. The highest BCUT2D eigenvalue weighted by Gasteiger charge is 2.12. The normalized spacial score (nSPS) is 11.4. The molecule has 0 aliphatic rings. The summed E-state index contributed by atoms with van der Waals surface area (Å²) in [6.07, 6.45) is 0. The Morgan fingerprint density at radius 2 is 2.09 bits per heavy atom. The van der Waals surface area contributed by atoms with Crippen molar-refractivity contribution in [3.8, 4) is 5.75 Å². The molecule has 0 spiro atoms. The SMILES string of the molecule is Cc1c(O)ccc2c(CN(C)Cc3ccsc3)cc(=O)oc12. The van der Waals surface area contributed by atoms with E-state index in [1.54, 1.807) is 30.4 Å². The molecule has 3 rings (SSSR count). The topological polar surface area (TPSA) is 53.7 Å². The second kappa shape index (κ2) is 5.94. The molecule has 3 aromatic rings. The molecule has 4 nitrogen and oxygen atoms in total. The summed E-state index contributed by atoms with van der Waals surface area (Å²) >= 11 is 1.68. The molecule has 22 heavy (non-hydrogen) atoms. The minimum atomic E-state index is -0.389. The molecule has 1 N–H and O–H groups in total. The van der Waals surface area contributed by atoms with E-state index in [1.807, 2.05) is 7.05 Å². The Morgan fingerprint density at radius 1 is 1.27 bits per heavy atom. The highest BCUT2D eigenvalue weighted by molar-refractivity contribution is 7.07. The van der Waals surface area contributed by atoms with Gasteiger partial charge in [-0.1, -0.05) is 0 Å². The van der Waals surface area contributed by atoms with Gasteiger partial charge in [-0.25, -0.2) is 4.79 Å². The summed E-state index contributed by atoms with van der Waals surface area (Å²) in [5.74, 6) is 0.138. The third-order valence-electron chi connectivity index (χ3n) is 3.69. The second-order valence-corrected chi connectivity index (χ2v) is 6.26. The molecule has 2 aromatic heterocycles. The fourth-order valence-corrected chi connectivity index (χ4v) is 3.25. The van der Waals surface area contributed by atoms with Crippen molar-refractivity contribution in [2.24, 2.45) is 0 Å². The lowest BCUT2D eigenvalue weighted by molar-refractivity contribution is 0.320. The summed E-state index contributed by atoms with van der Waals surface area (Å²) < 4.78 is 5.27. The first-order valence-electron chi connectivity index (χ1n) is 6.99. The molecular formula is C17H17NO3S. The number of thiophene rings is 1. The van der Waals surface area contributed by atoms with Gasteiger partial charge in [0, 0.05) is 30.1 Å². The maximum Gasteiger partial charge on any atom is 0.336 e. The molecule has 0 bridgehead atoms. The summed E-state index contributed by atoms with van der Waals surface area (Å²) in [5, 5.41) is 14.8. The molecule has 1 aromatic carbocycles. The second-order valence-electron chi connectivity index (χ2n) is 5.48. The number of hydrogen-bond acceptors (Lipinski definition) is 5. The highest BCUT2D eigenvalue weighted by Crippen LogP contribution is 2.28. The van der Waals surface area contributed by atoms with E-state index in [-0.39, 0.29) is 11.4 Å². The third-order valence-corrected chi connectivity index (χ3v) is 4.42. The number of phenols is 1. The van der Waals surface area contributed by atoms with Crippen LogP contribution in [0.5, 0.6) is 5.75 Å². The van der Waals surface area contributed by atoms with Gasteiger partial charge in [-0.3, -0.25) is 4.90 Å². The Hall–Kier alpha value is -2.11. The van der Waals surface area contributed by atoms with Gasteiger partial charge in [-0.15, -0.1) is 0 Å². The monoisotopic (exact) mass is 315 g/mol. The highest BCUT2D eigenvalue weighted by atomic mass is 32.1. The van der Waals surface area contributed by atoms with Crippen molar-refractivity contribution in [2.75, 3.05) is 7.05 Å². The molecule has 0 saturated carbocycles. The zero-order valence-electron chi connectivity index (χ0n) is 12.5. The molecule has 114 valence electrons. The number of aromatic hydroxyl groups is 1. The Morgan fingerprint density at radius 3 is 2.82 bits per heavy atom. The minimum Gasteiger partial charge on any atom is -0.508 e. The molecule has 0 aliphatic heterocycles. The Labute approximate surface area is 132 Å². The van der Waals surface area contributed by atoms with Crippen LogP contribution in [-0.4, -0.2) is 17.1 Å². The van der Waals surface area contributed by atoms with Crippen LogP contribution in [0.3, 0.4) is 0 Å². The molecular weight excluding hydrogens is 298 g/mol. The van der Waals surface area contributed by atoms with E-state index in [2.05, 4.69) is 21.7 Å². The number of phenolic OH excluding ortho intramolecular Hbond substituents is 1. The van der Waals surface area contributed by atoms with Gasteiger partial charge in [0.2, 0.25) is 0 Å². The van der Waals surface area contributed by atoms with Crippen molar-refractivity contribution < 1.29 is 9.52 Å². The van der Waals surface area contributed by atoms with E-state index < -0.39 is 0 Å². The van der Waals surface area contributed by atoms with Gasteiger partial charge in [0.15, 0.2) is 0 Å². The van der Waals surface area contributed by atoms with Crippen LogP contribution in [0.15, 0.2) is 44.2 Å². The van der Waals surface area contributed by atoms with Gasteiger partial charge in [0.1, 0.15) is 11.3 Å². The standard InChI is InChI=1S/C17H17NO3S/c1-11-15(19)4-3-14-13(7-16(20)21-17(11)14)9-18(2)8-12-5-6-22-10-12/h3-7,10,19H,8-9H2,1-2H3. The summed E-state index contributed by atoms with van der Waals surface area (Å²) in [5.41, 5.74) is 2.84. The lowest BCUT2D eigenvalue weighted by atomic mass is 10.1. The van der Waals surface area contributed by atoms with Crippen molar-refractivity contribution in [1.82, 2.24) is 4.90 Å². The summed E-state index contributed by atoms with van der Waals surface area (Å²) in [6.45, 7) is 3.21. The first-order valence-corrected chi connectivity index (χ1v) is 7.94. The van der Waals surface area contributed by atoms with Crippen molar-refractivity contribution in [2.45, 2.75) is 20.0 Å². The Kier molecular flexibility index (Phi) is 4.00. The fourth-order valence-electron chi connectivity index (χ4n) is 2.59. The predicted octanol–water partition coefficient (Wildman–Crippen LogP) is 3.50. The summed E-state index contributed by atoms with van der Waals surface area (Å²) in [6, 6.07) is 7.07. The number of rotatable bonds is 4. The largest absolute Gasteiger partial charge is 0.508 e. The van der Waals surface area contributed by atoms with Crippen LogP contribution in [0.4, 0.5) is 0 Å². The minimum absolute atomic E-state index is 0.138. The van der Waals surface area contributed by atoms with Gasteiger partial charge in [0.25, 0.3) is 0 Å². The van der Waals surface area contributed by atoms with Crippen molar-refractivity contribution in [1.29, 1.82) is 0 Å². The predicted molar refractivity (Wildman–Crippen MR) is 88.4 cm³/mol. The smallest absolute Gasteiger partial charge is 0.336 e. The zero-order valence-corrected chi connectivity index (χ0v) is 13.3. The lowest BCUT2D eigenvalue weighted by Gasteiger charge is -2.17. The fraction of sp³-hybridized carbons (Fsp3) is 0.235. The van der Waals surface area contributed by atoms with Gasteiger partial charge in [-0.2, -0.15) is 11.3 Å². The Balaban J connectivity index is 1.96. The average molecular weight is 315 g/mol. The molecule has 0 atom stereocenters. The lowest BCUT2D eigenvalue weighted by Crippen LogP contribution is -2.18. The average Bonchev–Trinajstić information content (AvgIpc) is 2.96. The van der Waals surface area contributed by atoms with Crippen LogP contribution in [0, 0.1) is 6.92 Å². The quantitative estimate of drug-likeness (QED) is 0.749. The maximum absolute atomic E-state index is 11.8. The third kappa shape index (κ3) is 2.91. The maximum atomic E-state index is 11.8.